The highest BCUT2D eigenvalue weighted by Gasteiger charge is 2.29. The number of alkyl halides is 1. The van der Waals surface area contributed by atoms with Crippen LogP contribution in [0.5, 0.6) is 0 Å². The third kappa shape index (κ3) is 4.71. The van der Waals surface area contributed by atoms with Gasteiger partial charge in [0.25, 0.3) is 0 Å². The number of hydrogen-bond donors (Lipinski definition) is 3. The minimum absolute atomic E-state index is 0.0814. The Labute approximate surface area is 122 Å². The molecule has 1 rings (SSSR count). The molecule has 0 saturated heterocycles. The van der Waals surface area contributed by atoms with E-state index in [0.29, 0.717) is 16.9 Å². The molecular formula is C14H20FN3O3. The molecule has 2 atom stereocenters. The largest absolute Gasteiger partial charge is 0.465 e. The number of halogens is 1. The maximum Gasteiger partial charge on any atom is 0.409 e. The van der Waals surface area contributed by atoms with Crippen molar-refractivity contribution in [3.05, 3.63) is 35.9 Å². The number of nitrogens with zero attached hydrogens (tertiary/aromatic N) is 1. The van der Waals surface area contributed by atoms with Crippen molar-refractivity contribution in [3.8, 4) is 0 Å². The number of benzene rings is 1. The van der Waals surface area contributed by atoms with Crippen molar-refractivity contribution in [1.82, 2.24) is 10.3 Å². The van der Waals surface area contributed by atoms with E-state index in [-0.39, 0.29) is 13.0 Å². The van der Waals surface area contributed by atoms with Crippen LogP contribution in [0.1, 0.15) is 31.2 Å². The summed E-state index contributed by atoms with van der Waals surface area (Å²) in [6.07, 6.45) is -2.46. The van der Waals surface area contributed by atoms with Gasteiger partial charge in [0.05, 0.1) is 5.92 Å². The minimum Gasteiger partial charge on any atom is -0.465 e. The Morgan fingerprint density at radius 2 is 2.00 bits per heavy atom. The maximum atomic E-state index is 13.9. The summed E-state index contributed by atoms with van der Waals surface area (Å²) in [7, 11) is 0. The van der Waals surface area contributed by atoms with E-state index in [0.717, 1.165) is 0 Å². The predicted octanol–water partition coefficient (Wildman–Crippen LogP) is 1.84. The average Bonchev–Trinajstić information content (AvgIpc) is 2.48. The van der Waals surface area contributed by atoms with E-state index in [1.807, 2.05) is 5.43 Å². The first-order valence-corrected chi connectivity index (χ1v) is 6.70. The first kappa shape index (κ1) is 16.9. The zero-order valence-electron chi connectivity index (χ0n) is 11.8. The maximum absolute atomic E-state index is 13.9. The van der Waals surface area contributed by atoms with Crippen LogP contribution in [-0.2, 0) is 4.79 Å². The monoisotopic (exact) mass is 297 g/mol. The summed E-state index contributed by atoms with van der Waals surface area (Å²) in [6.45, 7) is 1.47. The molecule has 0 heterocycles. The molecule has 4 N–H and O–H groups in total. The van der Waals surface area contributed by atoms with E-state index in [4.69, 9.17) is 10.9 Å². The van der Waals surface area contributed by atoms with Crippen LogP contribution in [0.3, 0.4) is 0 Å². The summed E-state index contributed by atoms with van der Waals surface area (Å²) < 4.78 is 13.9. The smallest absolute Gasteiger partial charge is 0.409 e. The lowest BCUT2D eigenvalue weighted by Gasteiger charge is -2.27. The van der Waals surface area contributed by atoms with Crippen LogP contribution in [0.2, 0.25) is 0 Å². The van der Waals surface area contributed by atoms with Gasteiger partial charge in [-0.25, -0.2) is 15.0 Å². The lowest BCUT2D eigenvalue weighted by molar-refractivity contribution is -0.123. The van der Waals surface area contributed by atoms with Crippen LogP contribution >= 0.6 is 0 Å². The number of nitrogens with one attached hydrogen (secondary N) is 1. The van der Waals surface area contributed by atoms with Gasteiger partial charge in [0.1, 0.15) is 0 Å². The molecule has 7 heteroatoms. The number of hydrazine groups is 1. The number of hydrogen-bond acceptors (Lipinski definition) is 3. The number of carbonyl (C=O) groups excluding carboxylic acids is 1. The van der Waals surface area contributed by atoms with Gasteiger partial charge in [-0.3, -0.25) is 15.1 Å². The van der Waals surface area contributed by atoms with Crippen LogP contribution in [0.4, 0.5) is 9.18 Å². The van der Waals surface area contributed by atoms with E-state index in [9.17, 15) is 14.0 Å². The normalized spacial score (nSPS) is 13.3. The summed E-state index contributed by atoms with van der Waals surface area (Å²) in [6, 6.07) is 8.55. The van der Waals surface area contributed by atoms with Gasteiger partial charge in [0.2, 0.25) is 5.91 Å². The summed E-state index contributed by atoms with van der Waals surface area (Å²) in [5.74, 6) is 3.72. The third-order valence-electron chi connectivity index (χ3n) is 3.15. The third-order valence-corrected chi connectivity index (χ3v) is 3.15. The highest BCUT2D eigenvalue weighted by atomic mass is 19.1. The Bertz CT molecular complexity index is 470. The Balaban J connectivity index is 2.98. The van der Waals surface area contributed by atoms with Gasteiger partial charge in [0.15, 0.2) is 6.30 Å². The summed E-state index contributed by atoms with van der Waals surface area (Å²) in [5.41, 5.74) is 2.58. The van der Waals surface area contributed by atoms with E-state index < -0.39 is 24.2 Å². The molecule has 0 bridgehead atoms. The highest BCUT2D eigenvalue weighted by Crippen LogP contribution is 2.20. The number of rotatable bonds is 7. The van der Waals surface area contributed by atoms with Crippen molar-refractivity contribution in [2.45, 2.75) is 32.0 Å². The standard InChI is InChI=1S/C14H20FN3O3/c1-2-6-12(15)18(14(20)21)9-11(13(19)17-16)10-7-4-3-5-8-10/h3-5,7-8,11-12H,2,6,9,16H2,1H3,(H,17,19)(H,20,21). The molecule has 2 amide bonds. The van der Waals surface area contributed by atoms with Gasteiger partial charge in [-0.15, -0.1) is 0 Å². The Morgan fingerprint density at radius 1 is 1.38 bits per heavy atom. The van der Waals surface area contributed by atoms with Gasteiger partial charge in [-0.2, -0.15) is 0 Å². The van der Waals surface area contributed by atoms with Crippen LogP contribution in [0.15, 0.2) is 30.3 Å². The molecule has 0 aliphatic rings. The van der Waals surface area contributed by atoms with E-state index >= 15 is 0 Å². The van der Waals surface area contributed by atoms with Gasteiger partial charge in [-0.05, 0) is 12.0 Å². The molecular weight excluding hydrogens is 277 g/mol. The Hall–Kier alpha value is -2.15. The predicted molar refractivity (Wildman–Crippen MR) is 76.0 cm³/mol. The highest BCUT2D eigenvalue weighted by molar-refractivity contribution is 5.84. The molecule has 0 aliphatic heterocycles. The second-order valence-electron chi connectivity index (χ2n) is 4.63. The van der Waals surface area contributed by atoms with Crippen LogP contribution in [0.25, 0.3) is 0 Å². The first-order valence-electron chi connectivity index (χ1n) is 6.70. The molecule has 0 radical (unpaired) electrons. The lowest BCUT2D eigenvalue weighted by atomic mass is 9.97. The van der Waals surface area contributed by atoms with Crippen LogP contribution < -0.4 is 11.3 Å². The van der Waals surface area contributed by atoms with Gasteiger partial charge in [0, 0.05) is 6.54 Å². The fraction of sp³-hybridized carbons (Fsp3) is 0.429. The molecule has 0 fully saturated rings. The topological polar surface area (TPSA) is 95.7 Å². The molecule has 0 aliphatic carbocycles. The van der Waals surface area contributed by atoms with Crippen molar-refractivity contribution in [2.24, 2.45) is 5.84 Å². The first-order chi connectivity index (χ1) is 10.0. The Kier molecular flexibility index (Phi) is 6.61. The molecule has 0 aromatic heterocycles. The van der Waals surface area contributed by atoms with Crippen LogP contribution in [0, 0.1) is 0 Å². The van der Waals surface area contributed by atoms with Crippen molar-refractivity contribution in [1.29, 1.82) is 0 Å². The van der Waals surface area contributed by atoms with Gasteiger partial charge in [-0.1, -0.05) is 43.7 Å². The number of nitrogens with two attached hydrogens (primary N) is 1. The van der Waals surface area contributed by atoms with Crippen LogP contribution in [-0.4, -0.2) is 34.8 Å². The second kappa shape index (κ2) is 8.21. The second-order valence-corrected chi connectivity index (χ2v) is 4.63. The lowest BCUT2D eigenvalue weighted by Crippen LogP contribution is -2.45. The zero-order chi connectivity index (χ0) is 15.8. The molecule has 0 spiro atoms. The van der Waals surface area contributed by atoms with Gasteiger partial charge >= 0.3 is 6.09 Å². The fourth-order valence-electron chi connectivity index (χ4n) is 2.03. The van der Waals surface area contributed by atoms with Crippen molar-refractivity contribution >= 4 is 12.0 Å². The SMILES string of the molecule is CCCC(F)N(CC(C(=O)NN)c1ccccc1)C(=O)O. The number of carboxylic acid groups (broad SMARTS) is 1. The fourth-order valence-corrected chi connectivity index (χ4v) is 2.03. The zero-order valence-corrected chi connectivity index (χ0v) is 11.8. The van der Waals surface area contributed by atoms with E-state index in [1.54, 1.807) is 37.3 Å². The van der Waals surface area contributed by atoms with Crippen molar-refractivity contribution in [3.63, 3.8) is 0 Å². The van der Waals surface area contributed by atoms with Crippen molar-refractivity contribution in [2.75, 3.05) is 6.54 Å². The molecule has 116 valence electrons. The quantitative estimate of drug-likeness (QED) is 0.310. The number of amides is 2. The number of carbonyl (C=O) groups is 2. The van der Waals surface area contributed by atoms with Gasteiger partial charge < -0.3 is 5.11 Å². The minimum atomic E-state index is -1.65. The average molecular weight is 297 g/mol. The van der Waals surface area contributed by atoms with Crippen molar-refractivity contribution < 1.29 is 19.1 Å². The van der Waals surface area contributed by atoms with E-state index in [1.165, 1.54) is 0 Å². The molecule has 0 saturated carbocycles. The molecule has 1 aromatic rings. The van der Waals surface area contributed by atoms with E-state index in [2.05, 4.69) is 0 Å². The molecule has 21 heavy (non-hydrogen) atoms. The summed E-state index contributed by atoms with van der Waals surface area (Å²) in [5, 5.41) is 9.14. The summed E-state index contributed by atoms with van der Waals surface area (Å²) in [4.78, 5) is 23.7. The molecule has 1 aromatic carbocycles. The molecule has 6 nitrogen and oxygen atoms in total. The summed E-state index contributed by atoms with van der Waals surface area (Å²) >= 11 is 0. The molecule has 2 unspecified atom stereocenters. The Morgan fingerprint density at radius 3 is 2.48 bits per heavy atom.